The van der Waals surface area contributed by atoms with Crippen molar-refractivity contribution in [2.24, 2.45) is 5.92 Å². The standard InChI is InChI=1S/C16H25BrN2OS/c1-11(2)18(4)10-13-5-7-19(8-6-13)16(20)14-9-12(3)15(17)21-14/h9,11,13H,5-8,10H2,1-4H3. The second kappa shape index (κ2) is 7.25. The maximum absolute atomic E-state index is 12.5. The van der Waals surface area contributed by atoms with E-state index in [2.05, 4.69) is 41.7 Å². The van der Waals surface area contributed by atoms with Crippen LogP contribution in [0.4, 0.5) is 0 Å². The van der Waals surface area contributed by atoms with E-state index in [0.29, 0.717) is 6.04 Å². The van der Waals surface area contributed by atoms with Crippen LogP contribution in [-0.2, 0) is 0 Å². The van der Waals surface area contributed by atoms with E-state index in [1.165, 1.54) is 0 Å². The summed E-state index contributed by atoms with van der Waals surface area (Å²) < 4.78 is 1.07. The zero-order chi connectivity index (χ0) is 15.6. The fraction of sp³-hybridized carbons (Fsp3) is 0.688. The van der Waals surface area contributed by atoms with E-state index in [9.17, 15) is 4.79 Å². The minimum absolute atomic E-state index is 0.199. The van der Waals surface area contributed by atoms with Crippen LogP contribution in [0.2, 0.25) is 0 Å². The molecule has 1 aromatic rings. The minimum Gasteiger partial charge on any atom is -0.338 e. The van der Waals surface area contributed by atoms with Crippen LogP contribution in [0.25, 0.3) is 0 Å². The molecule has 21 heavy (non-hydrogen) atoms. The molecule has 3 nitrogen and oxygen atoms in total. The second-order valence-corrected chi connectivity index (χ2v) is 8.71. The average Bonchev–Trinajstić information content (AvgIpc) is 2.78. The Morgan fingerprint density at radius 2 is 2.10 bits per heavy atom. The van der Waals surface area contributed by atoms with E-state index in [0.717, 1.165) is 52.6 Å². The monoisotopic (exact) mass is 372 g/mol. The summed E-state index contributed by atoms with van der Waals surface area (Å²) in [4.78, 5) is 17.8. The lowest BCUT2D eigenvalue weighted by molar-refractivity contribution is 0.0671. The number of nitrogens with zero attached hydrogens (tertiary/aromatic N) is 2. The van der Waals surface area contributed by atoms with Crippen LogP contribution in [0.3, 0.4) is 0 Å². The van der Waals surface area contributed by atoms with Gasteiger partial charge >= 0.3 is 0 Å². The molecule has 118 valence electrons. The number of carbonyl (C=O) groups is 1. The minimum atomic E-state index is 0.199. The van der Waals surface area contributed by atoms with Crippen molar-refractivity contribution in [2.45, 2.75) is 39.7 Å². The Labute approximate surface area is 140 Å². The van der Waals surface area contributed by atoms with Crippen molar-refractivity contribution in [3.8, 4) is 0 Å². The summed E-state index contributed by atoms with van der Waals surface area (Å²) in [6.07, 6.45) is 2.24. The van der Waals surface area contributed by atoms with Gasteiger partial charge in [-0.1, -0.05) is 0 Å². The molecule has 1 aliphatic heterocycles. The van der Waals surface area contributed by atoms with Gasteiger partial charge in [0, 0.05) is 25.7 Å². The Morgan fingerprint density at radius 1 is 1.48 bits per heavy atom. The highest BCUT2D eigenvalue weighted by Crippen LogP contribution is 2.29. The van der Waals surface area contributed by atoms with Gasteiger partial charge in [0.25, 0.3) is 5.91 Å². The van der Waals surface area contributed by atoms with Gasteiger partial charge in [-0.25, -0.2) is 0 Å². The Balaban J connectivity index is 1.87. The van der Waals surface area contributed by atoms with Gasteiger partial charge in [0.05, 0.1) is 8.66 Å². The van der Waals surface area contributed by atoms with Crippen LogP contribution in [0.15, 0.2) is 9.85 Å². The smallest absolute Gasteiger partial charge is 0.263 e. The third-order valence-corrected chi connectivity index (χ3v) is 6.52. The van der Waals surface area contributed by atoms with Gasteiger partial charge in [-0.2, -0.15) is 0 Å². The van der Waals surface area contributed by atoms with Gasteiger partial charge in [-0.3, -0.25) is 4.79 Å². The number of likely N-dealkylation sites (tertiary alicyclic amines) is 1. The maximum atomic E-state index is 12.5. The molecule has 0 N–H and O–H groups in total. The van der Waals surface area contributed by atoms with E-state index in [1.807, 2.05) is 17.9 Å². The van der Waals surface area contributed by atoms with E-state index in [4.69, 9.17) is 0 Å². The summed E-state index contributed by atoms with van der Waals surface area (Å²) in [5, 5.41) is 0. The van der Waals surface area contributed by atoms with Crippen molar-refractivity contribution in [2.75, 3.05) is 26.7 Å². The van der Waals surface area contributed by atoms with Crippen molar-refractivity contribution in [1.82, 2.24) is 9.80 Å². The lowest BCUT2D eigenvalue weighted by Crippen LogP contribution is -2.41. The van der Waals surface area contributed by atoms with Crippen molar-refractivity contribution < 1.29 is 4.79 Å². The number of hydrogen-bond donors (Lipinski definition) is 0. The molecular weight excluding hydrogens is 348 g/mol. The zero-order valence-electron chi connectivity index (χ0n) is 13.4. The summed E-state index contributed by atoms with van der Waals surface area (Å²) in [5.74, 6) is 0.919. The molecule has 1 saturated heterocycles. The molecular formula is C16H25BrN2OS. The van der Waals surface area contributed by atoms with Gasteiger partial charge in [0.15, 0.2) is 0 Å². The van der Waals surface area contributed by atoms with E-state index in [-0.39, 0.29) is 5.91 Å². The Morgan fingerprint density at radius 3 is 2.57 bits per heavy atom. The van der Waals surface area contributed by atoms with E-state index >= 15 is 0 Å². The number of thiophene rings is 1. The lowest BCUT2D eigenvalue weighted by Gasteiger charge is -2.34. The summed E-state index contributed by atoms with van der Waals surface area (Å²) >= 11 is 5.05. The molecule has 2 rings (SSSR count). The third kappa shape index (κ3) is 4.30. The molecule has 0 aliphatic carbocycles. The Bertz CT molecular complexity index is 473. The van der Waals surface area contributed by atoms with Gasteiger partial charge < -0.3 is 9.80 Å². The number of piperidine rings is 1. The largest absolute Gasteiger partial charge is 0.338 e. The van der Waals surface area contributed by atoms with Gasteiger partial charge in [-0.05, 0) is 74.1 Å². The molecule has 0 bridgehead atoms. The lowest BCUT2D eigenvalue weighted by atomic mass is 9.96. The molecule has 2 heterocycles. The van der Waals surface area contributed by atoms with Crippen molar-refractivity contribution >= 4 is 33.2 Å². The van der Waals surface area contributed by atoms with Crippen molar-refractivity contribution in [3.63, 3.8) is 0 Å². The van der Waals surface area contributed by atoms with Crippen molar-refractivity contribution in [3.05, 3.63) is 20.3 Å². The maximum Gasteiger partial charge on any atom is 0.263 e. The SMILES string of the molecule is Cc1cc(C(=O)N2CCC(CN(C)C(C)C)CC2)sc1Br. The normalized spacial score (nSPS) is 17.0. The molecule has 1 amide bonds. The number of rotatable bonds is 4. The molecule has 0 saturated carbocycles. The molecule has 0 aromatic carbocycles. The first kappa shape index (κ1) is 17.0. The highest BCUT2D eigenvalue weighted by Gasteiger charge is 2.25. The molecule has 1 aliphatic rings. The van der Waals surface area contributed by atoms with E-state index < -0.39 is 0 Å². The molecule has 0 atom stereocenters. The zero-order valence-corrected chi connectivity index (χ0v) is 15.8. The van der Waals surface area contributed by atoms with Crippen LogP contribution >= 0.6 is 27.3 Å². The third-order valence-electron chi connectivity index (χ3n) is 4.40. The first-order valence-corrected chi connectivity index (χ1v) is 9.25. The van der Waals surface area contributed by atoms with E-state index in [1.54, 1.807) is 11.3 Å². The predicted molar refractivity (Wildman–Crippen MR) is 93.1 cm³/mol. The number of aryl methyl sites for hydroxylation is 1. The number of halogens is 1. The molecule has 1 aromatic heterocycles. The molecule has 1 fully saturated rings. The first-order chi connectivity index (χ1) is 9.88. The number of amides is 1. The fourth-order valence-corrected chi connectivity index (χ4v) is 4.16. The molecule has 5 heteroatoms. The Hall–Kier alpha value is -0.390. The number of carbonyl (C=O) groups excluding carboxylic acids is 1. The number of hydrogen-bond acceptors (Lipinski definition) is 3. The van der Waals surface area contributed by atoms with Gasteiger partial charge in [-0.15, -0.1) is 11.3 Å². The van der Waals surface area contributed by atoms with Crippen LogP contribution in [-0.4, -0.2) is 48.4 Å². The summed E-state index contributed by atoms with van der Waals surface area (Å²) in [6.45, 7) is 9.42. The fourth-order valence-electron chi connectivity index (χ4n) is 2.66. The molecule has 0 radical (unpaired) electrons. The van der Waals surface area contributed by atoms with Gasteiger partial charge in [0.1, 0.15) is 0 Å². The predicted octanol–water partition coefficient (Wildman–Crippen LogP) is 4.01. The van der Waals surface area contributed by atoms with Crippen molar-refractivity contribution in [1.29, 1.82) is 0 Å². The highest BCUT2D eigenvalue weighted by molar-refractivity contribution is 9.11. The summed E-state index contributed by atoms with van der Waals surface area (Å²) in [6, 6.07) is 2.59. The topological polar surface area (TPSA) is 23.6 Å². The van der Waals surface area contributed by atoms with Crippen LogP contribution in [0.1, 0.15) is 41.9 Å². The molecule has 0 spiro atoms. The molecule has 0 unspecified atom stereocenters. The quantitative estimate of drug-likeness (QED) is 0.796. The van der Waals surface area contributed by atoms with Crippen LogP contribution in [0, 0.1) is 12.8 Å². The highest BCUT2D eigenvalue weighted by atomic mass is 79.9. The second-order valence-electron chi connectivity index (χ2n) is 6.34. The first-order valence-electron chi connectivity index (χ1n) is 7.64. The summed E-state index contributed by atoms with van der Waals surface area (Å²) in [7, 11) is 2.19. The Kier molecular flexibility index (Phi) is 5.86. The van der Waals surface area contributed by atoms with Gasteiger partial charge in [0.2, 0.25) is 0 Å². The van der Waals surface area contributed by atoms with Crippen LogP contribution < -0.4 is 0 Å². The van der Waals surface area contributed by atoms with Crippen LogP contribution in [0.5, 0.6) is 0 Å². The average molecular weight is 373 g/mol. The summed E-state index contributed by atoms with van der Waals surface area (Å²) in [5.41, 5.74) is 1.15.